The Balaban J connectivity index is 1.60. The van der Waals surface area contributed by atoms with Gasteiger partial charge in [-0.05, 0) is 12.0 Å². The van der Waals surface area contributed by atoms with E-state index in [0.717, 1.165) is 13.0 Å². The van der Waals surface area contributed by atoms with Crippen LogP contribution in [0.2, 0.25) is 0 Å². The first-order chi connectivity index (χ1) is 23.4. The van der Waals surface area contributed by atoms with Gasteiger partial charge in [0.15, 0.2) is 0 Å². The summed E-state index contributed by atoms with van der Waals surface area (Å²) in [5.74, 6) is 0. The third-order valence-electron chi connectivity index (χ3n) is 7.86. The molecule has 1 aromatic carbocycles. The molecule has 1 aromatic rings. The summed E-state index contributed by atoms with van der Waals surface area (Å²) in [6.45, 7) is 11.7. The van der Waals surface area contributed by atoms with E-state index in [-0.39, 0.29) is 0 Å². The Bertz CT molecular complexity index is 693. The predicted octanol–water partition coefficient (Wildman–Crippen LogP) is 8.58. The van der Waals surface area contributed by atoms with Crippen molar-refractivity contribution in [3.05, 3.63) is 35.9 Å². The van der Waals surface area contributed by atoms with Crippen LogP contribution in [0.25, 0.3) is 0 Å². The van der Waals surface area contributed by atoms with Gasteiger partial charge in [0.25, 0.3) is 0 Å². The summed E-state index contributed by atoms with van der Waals surface area (Å²) in [7, 11) is 0. The number of unbranched alkanes of at least 4 members (excludes halogenated alkanes) is 15. The standard InChI is InChI=1S/C39H72O8/c1-2-3-4-5-6-7-8-9-10-11-12-13-14-15-16-20-23-40-24-25-41-26-27-42-28-29-43-30-31-44-32-33-45-34-35-46-36-37-47-38-39-21-18-17-19-22-39/h17-19,21-22H,2-16,20,23-38H2,1H3. The minimum absolute atomic E-state index is 0.542. The van der Waals surface area contributed by atoms with Crippen molar-refractivity contribution in [3.63, 3.8) is 0 Å². The largest absolute Gasteiger partial charge is 0.379 e. The molecule has 0 fully saturated rings. The van der Waals surface area contributed by atoms with Gasteiger partial charge in [0.2, 0.25) is 0 Å². The molecule has 0 N–H and O–H groups in total. The lowest BCUT2D eigenvalue weighted by atomic mass is 10.0. The van der Waals surface area contributed by atoms with Crippen molar-refractivity contribution < 1.29 is 37.9 Å². The van der Waals surface area contributed by atoms with Gasteiger partial charge >= 0.3 is 0 Å². The molecule has 0 atom stereocenters. The monoisotopic (exact) mass is 669 g/mol. The van der Waals surface area contributed by atoms with Crippen molar-refractivity contribution in [2.24, 2.45) is 0 Å². The Hall–Kier alpha value is -1.10. The van der Waals surface area contributed by atoms with Crippen LogP contribution in [0.5, 0.6) is 0 Å². The molecular weight excluding hydrogens is 596 g/mol. The van der Waals surface area contributed by atoms with Crippen molar-refractivity contribution in [2.75, 3.05) is 99.1 Å². The van der Waals surface area contributed by atoms with Crippen molar-refractivity contribution in [1.29, 1.82) is 0 Å². The Morgan fingerprint density at radius 3 is 0.915 bits per heavy atom. The van der Waals surface area contributed by atoms with Gasteiger partial charge in [-0.1, -0.05) is 134 Å². The molecule has 0 unspecified atom stereocenters. The van der Waals surface area contributed by atoms with E-state index >= 15 is 0 Å². The van der Waals surface area contributed by atoms with Gasteiger partial charge < -0.3 is 37.9 Å². The Morgan fingerprint density at radius 2 is 0.574 bits per heavy atom. The van der Waals surface area contributed by atoms with Gasteiger partial charge in [-0.3, -0.25) is 0 Å². The zero-order valence-corrected chi connectivity index (χ0v) is 30.3. The first-order valence-electron chi connectivity index (χ1n) is 19.1. The van der Waals surface area contributed by atoms with Crippen LogP contribution in [-0.4, -0.2) is 99.1 Å². The van der Waals surface area contributed by atoms with Crippen LogP contribution in [0.15, 0.2) is 30.3 Å². The number of hydrogen-bond donors (Lipinski definition) is 0. The van der Waals surface area contributed by atoms with Crippen LogP contribution in [0.3, 0.4) is 0 Å². The lowest BCUT2D eigenvalue weighted by molar-refractivity contribution is -0.0236. The minimum atomic E-state index is 0.542. The van der Waals surface area contributed by atoms with E-state index in [4.69, 9.17) is 37.9 Å². The summed E-state index contributed by atoms with van der Waals surface area (Å²) in [4.78, 5) is 0. The summed E-state index contributed by atoms with van der Waals surface area (Å²) in [5, 5.41) is 0. The second-order valence-electron chi connectivity index (χ2n) is 12.1. The SMILES string of the molecule is CCCCCCCCCCCCCCCCCCOCCOCCOCCOCCOCCOCCOCCOCc1ccccc1. The molecule has 0 radical (unpaired) electrons. The molecular formula is C39H72O8. The van der Waals surface area contributed by atoms with E-state index < -0.39 is 0 Å². The fraction of sp³-hybridized carbons (Fsp3) is 0.846. The third-order valence-corrected chi connectivity index (χ3v) is 7.86. The van der Waals surface area contributed by atoms with Crippen molar-refractivity contribution in [1.82, 2.24) is 0 Å². The maximum absolute atomic E-state index is 5.69. The van der Waals surface area contributed by atoms with Crippen LogP contribution in [0.1, 0.15) is 115 Å². The van der Waals surface area contributed by atoms with Gasteiger partial charge in [-0.2, -0.15) is 0 Å². The van der Waals surface area contributed by atoms with Crippen molar-refractivity contribution >= 4 is 0 Å². The fourth-order valence-corrected chi connectivity index (χ4v) is 5.06. The Kier molecular flexibility index (Phi) is 36.8. The summed E-state index contributed by atoms with van der Waals surface area (Å²) in [5.41, 5.74) is 1.17. The van der Waals surface area contributed by atoms with Crippen LogP contribution < -0.4 is 0 Å². The zero-order valence-electron chi connectivity index (χ0n) is 30.3. The molecule has 47 heavy (non-hydrogen) atoms. The van der Waals surface area contributed by atoms with Crippen LogP contribution in [-0.2, 0) is 44.5 Å². The Morgan fingerprint density at radius 1 is 0.298 bits per heavy atom. The number of benzene rings is 1. The second kappa shape index (κ2) is 39.3. The van der Waals surface area contributed by atoms with E-state index in [0.29, 0.717) is 99.1 Å². The highest BCUT2D eigenvalue weighted by Gasteiger charge is 1.98. The molecule has 0 bridgehead atoms. The van der Waals surface area contributed by atoms with Crippen LogP contribution in [0, 0.1) is 0 Å². The summed E-state index contributed by atoms with van der Waals surface area (Å²) >= 11 is 0. The molecule has 0 heterocycles. The average Bonchev–Trinajstić information content (AvgIpc) is 3.09. The normalized spacial score (nSPS) is 11.5. The average molecular weight is 669 g/mol. The smallest absolute Gasteiger partial charge is 0.0718 e. The van der Waals surface area contributed by atoms with Gasteiger partial charge in [0.05, 0.1) is 99.1 Å². The quantitative estimate of drug-likeness (QED) is 0.0644. The molecule has 0 aliphatic carbocycles. The summed E-state index contributed by atoms with van der Waals surface area (Å²) in [6.07, 6.45) is 22.3. The van der Waals surface area contributed by atoms with Crippen LogP contribution in [0.4, 0.5) is 0 Å². The zero-order chi connectivity index (χ0) is 33.4. The lowest BCUT2D eigenvalue weighted by Crippen LogP contribution is -2.15. The predicted molar refractivity (Wildman–Crippen MR) is 191 cm³/mol. The molecule has 0 aliphatic heterocycles. The highest BCUT2D eigenvalue weighted by Crippen LogP contribution is 2.13. The van der Waals surface area contributed by atoms with Crippen molar-refractivity contribution in [3.8, 4) is 0 Å². The molecule has 1 rings (SSSR count). The number of ether oxygens (including phenoxy) is 8. The first kappa shape index (κ1) is 43.9. The fourth-order valence-electron chi connectivity index (χ4n) is 5.06. The minimum Gasteiger partial charge on any atom is -0.379 e. The number of hydrogen-bond acceptors (Lipinski definition) is 8. The van der Waals surface area contributed by atoms with Crippen molar-refractivity contribution in [2.45, 2.75) is 116 Å². The molecule has 8 heteroatoms. The van der Waals surface area contributed by atoms with E-state index in [9.17, 15) is 0 Å². The van der Waals surface area contributed by atoms with E-state index in [2.05, 4.69) is 19.1 Å². The summed E-state index contributed by atoms with van der Waals surface area (Å²) < 4.78 is 44.4. The molecule has 0 saturated heterocycles. The maximum atomic E-state index is 5.69. The first-order valence-corrected chi connectivity index (χ1v) is 19.1. The topological polar surface area (TPSA) is 73.8 Å². The van der Waals surface area contributed by atoms with Gasteiger partial charge in [-0.25, -0.2) is 0 Å². The molecule has 0 amide bonds. The molecule has 0 saturated carbocycles. The van der Waals surface area contributed by atoms with Gasteiger partial charge in [0, 0.05) is 6.61 Å². The maximum Gasteiger partial charge on any atom is 0.0718 e. The number of rotatable bonds is 40. The van der Waals surface area contributed by atoms with E-state index in [1.165, 1.54) is 102 Å². The third kappa shape index (κ3) is 36.0. The van der Waals surface area contributed by atoms with Gasteiger partial charge in [0.1, 0.15) is 0 Å². The molecule has 0 aromatic heterocycles. The summed E-state index contributed by atoms with van der Waals surface area (Å²) in [6, 6.07) is 10.1. The molecule has 8 nitrogen and oxygen atoms in total. The molecule has 276 valence electrons. The van der Waals surface area contributed by atoms with E-state index in [1.807, 2.05) is 18.2 Å². The lowest BCUT2D eigenvalue weighted by Gasteiger charge is -2.09. The highest BCUT2D eigenvalue weighted by atomic mass is 16.6. The van der Waals surface area contributed by atoms with Gasteiger partial charge in [-0.15, -0.1) is 0 Å². The molecule has 0 spiro atoms. The van der Waals surface area contributed by atoms with Crippen LogP contribution >= 0.6 is 0 Å². The second-order valence-corrected chi connectivity index (χ2v) is 12.1. The Labute approximate surface area is 288 Å². The molecule has 0 aliphatic rings. The highest BCUT2D eigenvalue weighted by molar-refractivity contribution is 5.13. The van der Waals surface area contributed by atoms with E-state index in [1.54, 1.807) is 0 Å².